The predicted molar refractivity (Wildman–Crippen MR) is 93.4 cm³/mol. The van der Waals surface area contributed by atoms with Crippen LogP contribution in [0.3, 0.4) is 0 Å². The molecule has 0 amide bonds. The van der Waals surface area contributed by atoms with Crippen LogP contribution in [-0.4, -0.2) is 23.7 Å². The maximum absolute atomic E-state index is 12.6. The molecule has 2 rings (SSSR count). The molecule has 23 heavy (non-hydrogen) atoms. The number of aromatic nitrogens is 1. The summed E-state index contributed by atoms with van der Waals surface area (Å²) in [7, 11) is 0. The van der Waals surface area contributed by atoms with E-state index >= 15 is 0 Å². The van der Waals surface area contributed by atoms with Gasteiger partial charge in [-0.15, -0.1) is 0 Å². The number of nitrogens with zero attached hydrogens (tertiary/aromatic N) is 1. The molecule has 1 aromatic heterocycles. The number of ether oxygens (including phenoxy) is 1. The van der Waals surface area contributed by atoms with Crippen LogP contribution < -0.4 is 5.73 Å². The Morgan fingerprint density at radius 2 is 1.83 bits per heavy atom. The lowest BCUT2D eigenvalue weighted by Gasteiger charge is -2.31. The van der Waals surface area contributed by atoms with Gasteiger partial charge in [0, 0.05) is 24.0 Å². The van der Waals surface area contributed by atoms with Crippen LogP contribution in [0.2, 0.25) is 5.02 Å². The molecule has 0 spiro atoms. The molecule has 4 nitrogen and oxygen atoms in total. The second-order valence-electron chi connectivity index (χ2n) is 5.48. The first kappa shape index (κ1) is 17.6. The summed E-state index contributed by atoms with van der Waals surface area (Å²) in [5, 5.41) is 0.704. The Morgan fingerprint density at radius 3 is 2.39 bits per heavy atom. The molecule has 0 aliphatic heterocycles. The molecule has 0 fully saturated rings. The van der Waals surface area contributed by atoms with Gasteiger partial charge in [-0.2, -0.15) is 0 Å². The Balaban J connectivity index is 2.34. The largest absolute Gasteiger partial charge is 0.463 e. The van der Waals surface area contributed by atoms with Gasteiger partial charge >= 0.3 is 5.97 Å². The molecule has 0 atom stereocenters. The van der Waals surface area contributed by atoms with E-state index in [4.69, 9.17) is 22.1 Å². The molecule has 0 aliphatic carbocycles. The van der Waals surface area contributed by atoms with E-state index in [-0.39, 0.29) is 12.6 Å². The normalized spacial score (nSPS) is 11.5. The second kappa shape index (κ2) is 7.66. The van der Waals surface area contributed by atoms with Gasteiger partial charge in [0.05, 0.1) is 0 Å². The Morgan fingerprint density at radius 1 is 1.17 bits per heavy atom. The Hall–Kier alpha value is -1.78. The topological polar surface area (TPSA) is 57.2 Å². The number of nitrogens with two attached hydrogens (primary N) is 1. The molecule has 2 aromatic rings. The lowest BCUT2D eigenvalue weighted by Crippen LogP contribution is -2.42. The molecule has 1 heterocycles. The Labute approximate surface area is 142 Å². The zero-order chi connectivity index (χ0) is 16.9. The minimum absolute atomic E-state index is 0.230. The van der Waals surface area contributed by atoms with E-state index < -0.39 is 5.54 Å². The van der Waals surface area contributed by atoms with Gasteiger partial charge < -0.3 is 15.0 Å². The summed E-state index contributed by atoms with van der Waals surface area (Å²) < 4.78 is 7.28. The fraction of sp³-hybridized carbons (Fsp3) is 0.389. The van der Waals surface area contributed by atoms with Crippen LogP contribution >= 0.6 is 11.6 Å². The lowest BCUT2D eigenvalue weighted by atomic mass is 9.92. The van der Waals surface area contributed by atoms with Gasteiger partial charge in [0.25, 0.3) is 0 Å². The monoisotopic (exact) mass is 334 g/mol. The summed E-state index contributed by atoms with van der Waals surface area (Å²) in [4.78, 5) is 12.6. The summed E-state index contributed by atoms with van der Waals surface area (Å²) in [6, 6.07) is 9.65. The Kier molecular flexibility index (Phi) is 5.85. The van der Waals surface area contributed by atoms with E-state index in [2.05, 4.69) is 0 Å². The minimum atomic E-state index is -0.695. The van der Waals surface area contributed by atoms with Crippen molar-refractivity contribution in [3.63, 3.8) is 0 Å². The smallest absolute Gasteiger partial charge is 0.332 e. The SMILES string of the molecule is CCC(CC)(C(=O)OCCN)n1ccc(-c2ccc(Cl)cc2)c1. The molecule has 0 saturated heterocycles. The summed E-state index contributed by atoms with van der Waals surface area (Å²) in [6.07, 6.45) is 5.23. The van der Waals surface area contributed by atoms with Gasteiger partial charge in [-0.1, -0.05) is 37.6 Å². The first-order valence-corrected chi connectivity index (χ1v) is 8.27. The molecular weight excluding hydrogens is 312 g/mol. The second-order valence-corrected chi connectivity index (χ2v) is 5.91. The molecule has 0 bridgehead atoms. The number of hydrogen-bond donors (Lipinski definition) is 1. The third-order valence-electron chi connectivity index (χ3n) is 4.27. The van der Waals surface area contributed by atoms with Crippen molar-refractivity contribution in [2.24, 2.45) is 5.73 Å². The van der Waals surface area contributed by atoms with Gasteiger partial charge in [0.15, 0.2) is 0 Å². The van der Waals surface area contributed by atoms with Crippen LogP contribution in [0.4, 0.5) is 0 Å². The Bertz CT molecular complexity index is 645. The number of esters is 1. The highest BCUT2D eigenvalue weighted by atomic mass is 35.5. The van der Waals surface area contributed by atoms with Crippen molar-refractivity contribution in [1.82, 2.24) is 4.57 Å². The maximum Gasteiger partial charge on any atom is 0.332 e. The average Bonchev–Trinajstić information content (AvgIpc) is 3.05. The minimum Gasteiger partial charge on any atom is -0.463 e. The van der Waals surface area contributed by atoms with E-state index in [1.54, 1.807) is 0 Å². The molecule has 5 heteroatoms. The summed E-state index contributed by atoms with van der Waals surface area (Å²) in [5.41, 5.74) is 6.85. The number of hydrogen-bond acceptors (Lipinski definition) is 3. The van der Waals surface area contributed by atoms with Crippen molar-refractivity contribution in [3.05, 3.63) is 47.7 Å². The van der Waals surface area contributed by atoms with Crippen molar-refractivity contribution in [1.29, 1.82) is 0 Å². The van der Waals surface area contributed by atoms with Crippen LogP contribution in [0.25, 0.3) is 11.1 Å². The standard InChI is InChI=1S/C18H23ClN2O2/c1-3-18(4-2,17(22)23-12-10-20)21-11-9-15(13-21)14-5-7-16(19)8-6-14/h5-9,11,13H,3-4,10,12,20H2,1-2H3. The predicted octanol–water partition coefficient (Wildman–Crippen LogP) is 3.83. The highest BCUT2D eigenvalue weighted by Gasteiger charge is 2.38. The van der Waals surface area contributed by atoms with Crippen molar-refractivity contribution in [2.45, 2.75) is 32.2 Å². The third kappa shape index (κ3) is 3.59. The van der Waals surface area contributed by atoms with Crippen molar-refractivity contribution >= 4 is 17.6 Å². The highest BCUT2D eigenvalue weighted by molar-refractivity contribution is 6.30. The molecular formula is C18H23ClN2O2. The van der Waals surface area contributed by atoms with Gasteiger partial charge in [0.2, 0.25) is 0 Å². The van der Waals surface area contributed by atoms with Crippen LogP contribution in [0, 0.1) is 0 Å². The maximum atomic E-state index is 12.6. The van der Waals surface area contributed by atoms with Crippen LogP contribution in [0.1, 0.15) is 26.7 Å². The third-order valence-corrected chi connectivity index (χ3v) is 4.52. The van der Waals surface area contributed by atoms with E-state index in [0.29, 0.717) is 24.4 Å². The van der Waals surface area contributed by atoms with E-state index in [0.717, 1.165) is 11.1 Å². The van der Waals surface area contributed by atoms with Crippen molar-refractivity contribution in [3.8, 4) is 11.1 Å². The number of benzene rings is 1. The summed E-state index contributed by atoms with van der Waals surface area (Å²) in [6.45, 7) is 4.56. The summed E-state index contributed by atoms with van der Waals surface area (Å²) >= 11 is 5.94. The first-order chi connectivity index (χ1) is 11.1. The molecule has 0 radical (unpaired) electrons. The quantitative estimate of drug-likeness (QED) is 0.783. The molecule has 2 N–H and O–H groups in total. The molecule has 124 valence electrons. The number of carbonyl (C=O) groups is 1. The van der Waals surface area contributed by atoms with Crippen molar-refractivity contribution < 1.29 is 9.53 Å². The van der Waals surface area contributed by atoms with Crippen LogP contribution in [0.15, 0.2) is 42.7 Å². The van der Waals surface area contributed by atoms with Gasteiger partial charge in [0.1, 0.15) is 12.1 Å². The number of rotatable bonds is 7. The van der Waals surface area contributed by atoms with Crippen LogP contribution in [-0.2, 0) is 15.1 Å². The van der Waals surface area contributed by atoms with Crippen molar-refractivity contribution in [2.75, 3.05) is 13.2 Å². The highest BCUT2D eigenvalue weighted by Crippen LogP contribution is 2.31. The molecule has 0 unspecified atom stereocenters. The van der Waals surface area contributed by atoms with E-state index in [9.17, 15) is 4.79 Å². The zero-order valence-corrected chi connectivity index (χ0v) is 14.3. The summed E-state index contributed by atoms with van der Waals surface area (Å²) in [5.74, 6) is -0.230. The van der Waals surface area contributed by atoms with Crippen LogP contribution in [0.5, 0.6) is 0 Å². The lowest BCUT2D eigenvalue weighted by molar-refractivity contribution is -0.154. The number of halogens is 1. The van der Waals surface area contributed by atoms with Gasteiger partial charge in [-0.3, -0.25) is 0 Å². The average molecular weight is 335 g/mol. The molecule has 1 aromatic carbocycles. The first-order valence-electron chi connectivity index (χ1n) is 7.89. The number of carbonyl (C=O) groups excluding carboxylic acids is 1. The fourth-order valence-corrected chi connectivity index (χ4v) is 2.90. The van der Waals surface area contributed by atoms with Gasteiger partial charge in [-0.05, 0) is 42.2 Å². The zero-order valence-electron chi connectivity index (χ0n) is 13.6. The van der Waals surface area contributed by atoms with E-state index in [1.165, 1.54) is 0 Å². The molecule has 0 saturated carbocycles. The fourth-order valence-electron chi connectivity index (χ4n) is 2.77. The van der Waals surface area contributed by atoms with E-state index in [1.807, 2.05) is 61.1 Å². The molecule has 0 aliphatic rings. The van der Waals surface area contributed by atoms with Gasteiger partial charge in [-0.25, -0.2) is 4.79 Å².